The first-order valence-electron chi connectivity index (χ1n) is 6.50. The summed E-state index contributed by atoms with van der Waals surface area (Å²) in [5.41, 5.74) is 4.47. The zero-order chi connectivity index (χ0) is 12.5. The lowest BCUT2D eigenvalue weighted by molar-refractivity contribution is 0.148. The molecule has 2 nitrogen and oxygen atoms in total. The van der Waals surface area contributed by atoms with E-state index in [2.05, 4.69) is 56.1 Å². The highest BCUT2D eigenvalue weighted by atomic mass is 15.2. The van der Waals surface area contributed by atoms with Gasteiger partial charge >= 0.3 is 0 Å². The molecule has 1 fully saturated rings. The van der Waals surface area contributed by atoms with E-state index in [0.29, 0.717) is 0 Å². The van der Waals surface area contributed by atoms with Gasteiger partial charge in [-0.3, -0.25) is 4.90 Å². The van der Waals surface area contributed by atoms with Crippen LogP contribution in [0, 0.1) is 13.8 Å². The van der Waals surface area contributed by atoms with Gasteiger partial charge < -0.3 is 5.32 Å². The molecule has 0 bridgehead atoms. The summed E-state index contributed by atoms with van der Waals surface area (Å²) in [5, 5.41) is 3.55. The first kappa shape index (κ1) is 12.6. The number of piperazine rings is 1. The second-order valence-corrected chi connectivity index (χ2v) is 5.94. The first-order valence-corrected chi connectivity index (χ1v) is 6.50. The van der Waals surface area contributed by atoms with Crippen molar-refractivity contribution >= 4 is 0 Å². The Morgan fingerprint density at radius 3 is 2.65 bits per heavy atom. The Labute approximate surface area is 105 Å². The van der Waals surface area contributed by atoms with Crippen molar-refractivity contribution in [2.24, 2.45) is 0 Å². The molecule has 1 N–H and O–H groups in total. The molecule has 2 heteroatoms. The van der Waals surface area contributed by atoms with Crippen LogP contribution in [0.2, 0.25) is 0 Å². The van der Waals surface area contributed by atoms with Crippen LogP contribution in [0.25, 0.3) is 0 Å². The third-order valence-corrected chi connectivity index (χ3v) is 3.63. The third-order valence-electron chi connectivity index (χ3n) is 3.63. The largest absolute Gasteiger partial charge is 0.309 e. The minimum atomic E-state index is 0.248. The summed E-state index contributed by atoms with van der Waals surface area (Å²) in [6, 6.07) is 6.82. The number of benzene rings is 1. The van der Waals surface area contributed by atoms with E-state index < -0.39 is 0 Å². The maximum absolute atomic E-state index is 3.55. The average molecular weight is 232 g/mol. The fraction of sp³-hybridized carbons (Fsp3) is 0.600. The van der Waals surface area contributed by atoms with Gasteiger partial charge in [0, 0.05) is 31.7 Å². The summed E-state index contributed by atoms with van der Waals surface area (Å²) < 4.78 is 0. The van der Waals surface area contributed by atoms with Crippen LogP contribution in [-0.2, 0) is 6.54 Å². The number of hydrogen-bond acceptors (Lipinski definition) is 2. The molecule has 1 aromatic carbocycles. The molecule has 0 atom stereocenters. The van der Waals surface area contributed by atoms with Crippen LogP contribution < -0.4 is 5.32 Å². The Bertz CT molecular complexity index is 396. The predicted molar refractivity (Wildman–Crippen MR) is 73.3 cm³/mol. The second kappa shape index (κ2) is 4.79. The van der Waals surface area contributed by atoms with Gasteiger partial charge in [-0.15, -0.1) is 0 Å². The fourth-order valence-corrected chi connectivity index (χ4v) is 2.54. The van der Waals surface area contributed by atoms with Crippen molar-refractivity contribution in [3.63, 3.8) is 0 Å². The van der Waals surface area contributed by atoms with E-state index in [9.17, 15) is 0 Å². The molecule has 1 aromatic rings. The molecule has 1 saturated heterocycles. The van der Waals surface area contributed by atoms with E-state index >= 15 is 0 Å². The molecule has 1 heterocycles. The molecule has 1 aliphatic heterocycles. The van der Waals surface area contributed by atoms with Crippen molar-refractivity contribution in [3.8, 4) is 0 Å². The fourth-order valence-electron chi connectivity index (χ4n) is 2.54. The topological polar surface area (TPSA) is 15.3 Å². The predicted octanol–water partition coefficient (Wildman–Crippen LogP) is 2.49. The van der Waals surface area contributed by atoms with Crippen LogP contribution in [0.15, 0.2) is 18.2 Å². The maximum Gasteiger partial charge on any atom is 0.0252 e. The Balaban J connectivity index is 2.03. The third kappa shape index (κ3) is 3.30. The quantitative estimate of drug-likeness (QED) is 0.843. The Morgan fingerprint density at radius 1 is 1.24 bits per heavy atom. The van der Waals surface area contributed by atoms with Crippen LogP contribution in [0.5, 0.6) is 0 Å². The van der Waals surface area contributed by atoms with Crippen LogP contribution in [0.1, 0.15) is 30.5 Å². The van der Waals surface area contributed by atoms with Crippen molar-refractivity contribution in [3.05, 3.63) is 34.9 Å². The molecule has 0 radical (unpaired) electrons. The minimum Gasteiger partial charge on any atom is -0.309 e. The lowest BCUT2D eigenvalue weighted by Gasteiger charge is -2.39. The molecule has 0 spiro atoms. The summed E-state index contributed by atoms with van der Waals surface area (Å²) in [7, 11) is 0. The number of hydrogen-bond donors (Lipinski definition) is 1. The van der Waals surface area contributed by atoms with Gasteiger partial charge in [0.2, 0.25) is 0 Å². The molecule has 2 rings (SSSR count). The molecular weight excluding hydrogens is 208 g/mol. The van der Waals surface area contributed by atoms with E-state index in [1.54, 1.807) is 0 Å². The van der Waals surface area contributed by atoms with Gasteiger partial charge in [0.25, 0.3) is 0 Å². The molecule has 17 heavy (non-hydrogen) atoms. The van der Waals surface area contributed by atoms with Crippen LogP contribution in [0.4, 0.5) is 0 Å². The summed E-state index contributed by atoms with van der Waals surface area (Å²) in [4.78, 5) is 2.54. The van der Waals surface area contributed by atoms with Crippen LogP contribution >= 0.6 is 0 Å². The van der Waals surface area contributed by atoms with Gasteiger partial charge in [-0.25, -0.2) is 0 Å². The highest BCUT2D eigenvalue weighted by Gasteiger charge is 2.25. The maximum atomic E-state index is 3.55. The monoisotopic (exact) mass is 232 g/mol. The van der Waals surface area contributed by atoms with E-state index in [-0.39, 0.29) is 5.54 Å². The van der Waals surface area contributed by atoms with Crippen molar-refractivity contribution in [1.82, 2.24) is 10.2 Å². The van der Waals surface area contributed by atoms with E-state index in [4.69, 9.17) is 0 Å². The highest BCUT2D eigenvalue weighted by Crippen LogP contribution is 2.15. The number of nitrogens with zero attached hydrogens (tertiary/aromatic N) is 1. The van der Waals surface area contributed by atoms with Crippen molar-refractivity contribution < 1.29 is 0 Å². The van der Waals surface area contributed by atoms with Crippen molar-refractivity contribution in [1.29, 1.82) is 0 Å². The van der Waals surface area contributed by atoms with Gasteiger partial charge in [-0.05, 0) is 44.4 Å². The molecule has 94 valence electrons. The molecule has 0 unspecified atom stereocenters. The zero-order valence-corrected chi connectivity index (χ0v) is 11.5. The summed E-state index contributed by atoms with van der Waals surface area (Å²) >= 11 is 0. The second-order valence-electron chi connectivity index (χ2n) is 5.94. The molecule has 0 aliphatic carbocycles. The van der Waals surface area contributed by atoms with Gasteiger partial charge in [0.05, 0.1) is 0 Å². The lowest BCUT2D eigenvalue weighted by Crippen LogP contribution is -2.56. The van der Waals surface area contributed by atoms with E-state index in [1.807, 2.05) is 0 Å². The number of aryl methyl sites for hydroxylation is 2. The lowest BCUT2D eigenvalue weighted by atomic mass is 10.0. The van der Waals surface area contributed by atoms with Gasteiger partial charge in [0.1, 0.15) is 0 Å². The zero-order valence-electron chi connectivity index (χ0n) is 11.5. The molecule has 0 aromatic heterocycles. The highest BCUT2D eigenvalue weighted by molar-refractivity contribution is 5.29. The van der Waals surface area contributed by atoms with Crippen LogP contribution in [0.3, 0.4) is 0 Å². The molecule has 0 amide bonds. The number of nitrogens with one attached hydrogen (secondary N) is 1. The molecule has 0 saturated carbocycles. The summed E-state index contributed by atoms with van der Waals surface area (Å²) in [5.74, 6) is 0. The Hall–Kier alpha value is -0.860. The summed E-state index contributed by atoms with van der Waals surface area (Å²) in [6.07, 6.45) is 0. The standard InChI is InChI=1S/C15H24N2/c1-12-5-6-14(9-13(12)2)10-17-8-7-16-15(3,4)11-17/h5-6,9,16H,7-8,10-11H2,1-4H3. The van der Waals surface area contributed by atoms with Crippen molar-refractivity contribution in [2.75, 3.05) is 19.6 Å². The average Bonchev–Trinajstić information content (AvgIpc) is 2.22. The van der Waals surface area contributed by atoms with Crippen molar-refractivity contribution in [2.45, 2.75) is 39.8 Å². The molecular formula is C15H24N2. The normalized spacial score (nSPS) is 20.5. The van der Waals surface area contributed by atoms with E-state index in [0.717, 1.165) is 26.2 Å². The molecule has 1 aliphatic rings. The van der Waals surface area contributed by atoms with Gasteiger partial charge in [-0.2, -0.15) is 0 Å². The SMILES string of the molecule is Cc1ccc(CN2CCNC(C)(C)C2)cc1C. The summed E-state index contributed by atoms with van der Waals surface area (Å²) in [6.45, 7) is 13.4. The minimum absolute atomic E-state index is 0.248. The van der Waals surface area contributed by atoms with Gasteiger partial charge in [0.15, 0.2) is 0 Å². The number of rotatable bonds is 2. The first-order chi connectivity index (χ1) is 7.96. The van der Waals surface area contributed by atoms with Gasteiger partial charge in [-0.1, -0.05) is 18.2 Å². The Kier molecular flexibility index (Phi) is 3.55. The van der Waals surface area contributed by atoms with E-state index in [1.165, 1.54) is 16.7 Å². The smallest absolute Gasteiger partial charge is 0.0252 e. The Morgan fingerprint density at radius 2 is 2.00 bits per heavy atom. The van der Waals surface area contributed by atoms with Crippen LogP contribution in [-0.4, -0.2) is 30.1 Å².